The Bertz CT molecular complexity index is 1020. The fourth-order valence-corrected chi connectivity index (χ4v) is 4.17. The third kappa shape index (κ3) is 7.06. The molecule has 0 radical (unpaired) electrons. The number of aromatic nitrogens is 1. The van der Waals surface area contributed by atoms with Crippen molar-refractivity contribution in [3.63, 3.8) is 0 Å². The van der Waals surface area contributed by atoms with Gasteiger partial charge in [-0.25, -0.2) is 0 Å². The second kappa shape index (κ2) is 12.2. The molecule has 34 heavy (non-hydrogen) atoms. The van der Waals surface area contributed by atoms with Crippen LogP contribution in [-0.4, -0.2) is 54.0 Å². The zero-order chi connectivity index (χ0) is 23.6. The second-order valence-electron chi connectivity index (χ2n) is 8.61. The summed E-state index contributed by atoms with van der Waals surface area (Å²) in [4.78, 5) is 21.5. The third-order valence-corrected chi connectivity index (χ3v) is 6.17. The zero-order valence-corrected chi connectivity index (χ0v) is 19.9. The van der Waals surface area contributed by atoms with Gasteiger partial charge in [0.15, 0.2) is 0 Å². The van der Waals surface area contributed by atoms with Crippen LogP contribution in [0.4, 0.5) is 0 Å². The van der Waals surface area contributed by atoms with Crippen molar-refractivity contribution in [1.29, 1.82) is 0 Å². The van der Waals surface area contributed by atoms with Gasteiger partial charge in [-0.05, 0) is 60.4 Å². The molecule has 0 N–H and O–H groups in total. The van der Waals surface area contributed by atoms with Gasteiger partial charge in [0.25, 0.3) is 0 Å². The molecule has 6 heteroatoms. The number of aryl methyl sites for hydroxylation is 1. The van der Waals surface area contributed by atoms with E-state index in [1.807, 2.05) is 59.5 Å². The number of carbonyl (C=O) groups excluding carboxylic acids is 1. The van der Waals surface area contributed by atoms with Crippen LogP contribution in [-0.2, 0) is 24.4 Å². The number of amides is 1. The van der Waals surface area contributed by atoms with Crippen molar-refractivity contribution in [2.45, 2.75) is 32.4 Å². The van der Waals surface area contributed by atoms with Crippen molar-refractivity contribution in [2.24, 2.45) is 0 Å². The molecule has 6 nitrogen and oxygen atoms in total. The molecule has 1 saturated heterocycles. The molecule has 0 aliphatic carbocycles. The Balaban J connectivity index is 1.20. The van der Waals surface area contributed by atoms with Crippen molar-refractivity contribution < 1.29 is 14.3 Å². The molecular weight excluding hydrogens is 426 g/mol. The van der Waals surface area contributed by atoms with Crippen LogP contribution in [0.1, 0.15) is 29.7 Å². The average Bonchev–Trinajstić information content (AvgIpc) is 3.13. The lowest BCUT2D eigenvalue weighted by atomic mass is 10.1. The minimum absolute atomic E-state index is 0.243. The Labute approximate surface area is 202 Å². The normalized spacial score (nSPS) is 14.4. The summed E-state index contributed by atoms with van der Waals surface area (Å²) >= 11 is 0. The molecule has 2 aromatic carbocycles. The Hall–Kier alpha value is -3.38. The lowest BCUT2D eigenvalue weighted by Gasteiger charge is -2.22. The molecule has 1 amide bonds. The van der Waals surface area contributed by atoms with E-state index in [9.17, 15) is 4.79 Å². The van der Waals surface area contributed by atoms with E-state index in [0.717, 1.165) is 68.3 Å². The molecule has 1 fully saturated rings. The lowest BCUT2D eigenvalue weighted by molar-refractivity contribution is -0.131. The van der Waals surface area contributed by atoms with Crippen LogP contribution in [0.5, 0.6) is 11.5 Å². The first-order valence-corrected chi connectivity index (χ1v) is 11.9. The quantitative estimate of drug-likeness (QED) is 0.477. The maximum absolute atomic E-state index is 12.8. The van der Waals surface area contributed by atoms with Gasteiger partial charge < -0.3 is 14.4 Å². The molecule has 178 valence electrons. The van der Waals surface area contributed by atoms with E-state index in [4.69, 9.17) is 9.47 Å². The summed E-state index contributed by atoms with van der Waals surface area (Å²) in [5, 5.41) is 0. The van der Waals surface area contributed by atoms with Gasteiger partial charge in [-0.3, -0.25) is 14.7 Å². The monoisotopic (exact) mass is 459 g/mol. The van der Waals surface area contributed by atoms with E-state index < -0.39 is 0 Å². The maximum Gasteiger partial charge on any atom is 0.222 e. The topological polar surface area (TPSA) is 54.9 Å². The van der Waals surface area contributed by atoms with E-state index in [1.165, 1.54) is 5.56 Å². The van der Waals surface area contributed by atoms with Crippen LogP contribution in [0.2, 0.25) is 0 Å². The summed E-state index contributed by atoms with van der Waals surface area (Å²) in [6.07, 6.45) is 4.09. The van der Waals surface area contributed by atoms with Gasteiger partial charge in [-0.1, -0.05) is 30.3 Å². The van der Waals surface area contributed by atoms with Crippen molar-refractivity contribution in [3.05, 3.63) is 89.7 Å². The number of hydrogen-bond donors (Lipinski definition) is 0. The molecule has 0 bridgehead atoms. The Morgan fingerprint density at radius 1 is 0.882 bits per heavy atom. The first-order valence-electron chi connectivity index (χ1n) is 11.9. The number of pyridine rings is 1. The Kier molecular flexibility index (Phi) is 8.52. The van der Waals surface area contributed by atoms with Crippen LogP contribution in [0.25, 0.3) is 0 Å². The predicted octanol–water partition coefficient (Wildman–Crippen LogP) is 4.34. The van der Waals surface area contributed by atoms with Crippen molar-refractivity contribution in [2.75, 3.05) is 33.3 Å². The van der Waals surface area contributed by atoms with Gasteiger partial charge >= 0.3 is 0 Å². The van der Waals surface area contributed by atoms with Gasteiger partial charge in [0.05, 0.1) is 12.8 Å². The highest BCUT2D eigenvalue weighted by Crippen LogP contribution is 2.17. The molecule has 1 aromatic heterocycles. The van der Waals surface area contributed by atoms with E-state index in [2.05, 4.69) is 22.0 Å². The van der Waals surface area contributed by atoms with Gasteiger partial charge in [-0.2, -0.15) is 0 Å². The zero-order valence-electron chi connectivity index (χ0n) is 19.9. The maximum atomic E-state index is 12.8. The van der Waals surface area contributed by atoms with Crippen LogP contribution < -0.4 is 9.47 Å². The molecule has 0 spiro atoms. The Morgan fingerprint density at radius 3 is 2.38 bits per heavy atom. The molecule has 0 saturated carbocycles. The van der Waals surface area contributed by atoms with Crippen molar-refractivity contribution in [3.8, 4) is 11.5 Å². The summed E-state index contributed by atoms with van der Waals surface area (Å²) in [5.41, 5.74) is 3.33. The number of rotatable bonds is 9. The molecular formula is C28H33N3O3. The molecule has 1 aliphatic heterocycles. The molecule has 0 unspecified atom stereocenters. The van der Waals surface area contributed by atoms with E-state index in [1.54, 1.807) is 13.3 Å². The molecule has 4 rings (SSSR count). The lowest BCUT2D eigenvalue weighted by Crippen LogP contribution is -2.35. The highest BCUT2D eigenvalue weighted by molar-refractivity contribution is 5.76. The second-order valence-corrected chi connectivity index (χ2v) is 8.61. The highest BCUT2D eigenvalue weighted by Gasteiger charge is 2.19. The SMILES string of the molecule is COc1ccc(CCC(=O)N2CCCN(Cc3ccc(OCc4ccccn4)cc3)CC2)cc1. The van der Waals surface area contributed by atoms with Gasteiger partial charge in [-0.15, -0.1) is 0 Å². The number of hydrogen-bond acceptors (Lipinski definition) is 5. The number of nitrogens with zero attached hydrogens (tertiary/aromatic N) is 3. The van der Waals surface area contributed by atoms with Gasteiger partial charge in [0, 0.05) is 45.3 Å². The summed E-state index contributed by atoms with van der Waals surface area (Å²) in [6, 6.07) is 22.1. The summed E-state index contributed by atoms with van der Waals surface area (Å²) in [5.74, 6) is 1.93. The van der Waals surface area contributed by atoms with Crippen LogP contribution in [0, 0.1) is 0 Å². The largest absolute Gasteiger partial charge is 0.497 e. The first kappa shape index (κ1) is 23.8. The number of methoxy groups -OCH3 is 1. The fourth-order valence-electron chi connectivity index (χ4n) is 4.17. The average molecular weight is 460 g/mol. The van der Waals surface area contributed by atoms with Gasteiger partial charge in [0.1, 0.15) is 18.1 Å². The molecule has 3 aromatic rings. The van der Waals surface area contributed by atoms with E-state index >= 15 is 0 Å². The number of benzene rings is 2. The predicted molar refractivity (Wildman–Crippen MR) is 133 cm³/mol. The number of carbonyl (C=O) groups is 1. The standard InChI is InChI=1S/C28H33N3O3/c1-33-26-11-6-23(7-12-26)10-15-28(32)31-18-4-17-30(19-20-31)21-24-8-13-27(14-9-24)34-22-25-5-2-3-16-29-25/h2-3,5-9,11-14,16H,4,10,15,17-22H2,1H3. The van der Waals surface area contributed by atoms with Crippen LogP contribution in [0.15, 0.2) is 72.9 Å². The van der Waals surface area contributed by atoms with Crippen LogP contribution in [0.3, 0.4) is 0 Å². The van der Waals surface area contributed by atoms with Crippen LogP contribution >= 0.6 is 0 Å². The van der Waals surface area contributed by atoms with Crippen molar-refractivity contribution in [1.82, 2.24) is 14.8 Å². The molecule has 2 heterocycles. The fraction of sp³-hybridized carbons (Fsp3) is 0.357. The summed E-state index contributed by atoms with van der Waals surface area (Å²) in [6.45, 7) is 4.86. The highest BCUT2D eigenvalue weighted by atomic mass is 16.5. The minimum atomic E-state index is 0.243. The number of ether oxygens (including phenoxy) is 2. The third-order valence-electron chi connectivity index (χ3n) is 6.17. The van der Waals surface area contributed by atoms with E-state index in [-0.39, 0.29) is 5.91 Å². The summed E-state index contributed by atoms with van der Waals surface area (Å²) < 4.78 is 11.0. The van der Waals surface area contributed by atoms with E-state index in [0.29, 0.717) is 13.0 Å². The smallest absolute Gasteiger partial charge is 0.222 e. The summed E-state index contributed by atoms with van der Waals surface area (Å²) in [7, 11) is 1.66. The Morgan fingerprint density at radius 2 is 1.65 bits per heavy atom. The molecule has 1 aliphatic rings. The van der Waals surface area contributed by atoms with Crippen molar-refractivity contribution >= 4 is 5.91 Å². The first-order chi connectivity index (χ1) is 16.7. The molecule has 0 atom stereocenters. The minimum Gasteiger partial charge on any atom is -0.497 e. The van der Waals surface area contributed by atoms with Gasteiger partial charge in [0.2, 0.25) is 5.91 Å².